The van der Waals surface area contributed by atoms with Gasteiger partial charge >= 0.3 is 6.18 Å². The summed E-state index contributed by atoms with van der Waals surface area (Å²) in [7, 11) is 0. The molecule has 0 radical (unpaired) electrons. The van der Waals surface area contributed by atoms with E-state index >= 15 is 0 Å². The monoisotopic (exact) mass is 364 g/mol. The second-order valence-electron chi connectivity index (χ2n) is 5.23. The normalized spacial score (nSPS) is 22.9. The molecule has 0 spiro atoms. The number of carbonyl (C=O) groups excluding carboxylic acids is 1. The summed E-state index contributed by atoms with van der Waals surface area (Å²) in [5, 5.41) is 2.38. The van der Waals surface area contributed by atoms with Crippen molar-refractivity contribution >= 4 is 27.5 Å². The van der Waals surface area contributed by atoms with E-state index in [1.54, 1.807) is 0 Å². The topological polar surface area (TPSA) is 55.1 Å². The summed E-state index contributed by atoms with van der Waals surface area (Å²) < 4.78 is 39.3. The van der Waals surface area contributed by atoms with Gasteiger partial charge in [-0.25, -0.2) is 0 Å². The maximum absolute atomic E-state index is 13.0. The fourth-order valence-corrected chi connectivity index (χ4v) is 2.93. The average Bonchev–Trinajstić information content (AvgIpc) is 2.40. The van der Waals surface area contributed by atoms with Crippen LogP contribution in [0.15, 0.2) is 22.7 Å². The molecule has 116 valence electrons. The Morgan fingerprint density at radius 2 is 1.95 bits per heavy atom. The molecule has 2 rings (SSSR count). The molecule has 0 aliphatic heterocycles. The van der Waals surface area contributed by atoms with E-state index in [1.165, 1.54) is 12.1 Å². The van der Waals surface area contributed by atoms with Crippen LogP contribution < -0.4 is 11.1 Å². The Kier molecular flexibility index (Phi) is 4.93. The van der Waals surface area contributed by atoms with Gasteiger partial charge in [-0.1, -0.05) is 28.8 Å². The van der Waals surface area contributed by atoms with Crippen LogP contribution >= 0.6 is 15.9 Å². The molecular weight excluding hydrogens is 349 g/mol. The molecule has 1 amide bonds. The number of benzene rings is 1. The predicted octanol–water partition coefficient (Wildman–Crippen LogP) is 3.92. The molecule has 3 N–H and O–H groups in total. The Morgan fingerprint density at radius 1 is 1.29 bits per heavy atom. The molecule has 7 heteroatoms. The van der Waals surface area contributed by atoms with E-state index in [9.17, 15) is 18.0 Å². The van der Waals surface area contributed by atoms with Crippen molar-refractivity contribution in [1.29, 1.82) is 0 Å². The van der Waals surface area contributed by atoms with Gasteiger partial charge in [-0.15, -0.1) is 0 Å². The molecule has 1 aliphatic carbocycles. The first-order chi connectivity index (χ1) is 9.79. The van der Waals surface area contributed by atoms with Crippen LogP contribution in [0, 0.1) is 5.92 Å². The van der Waals surface area contributed by atoms with Crippen molar-refractivity contribution < 1.29 is 18.0 Å². The number of hydrogen-bond acceptors (Lipinski definition) is 2. The fourth-order valence-electron chi connectivity index (χ4n) is 2.57. The summed E-state index contributed by atoms with van der Waals surface area (Å²) in [6, 6.07) is 3.38. The van der Waals surface area contributed by atoms with Gasteiger partial charge in [0.25, 0.3) is 0 Å². The molecular formula is C14H16BrF3N2O. The lowest BCUT2D eigenvalue weighted by atomic mass is 9.84. The van der Waals surface area contributed by atoms with E-state index in [0.717, 1.165) is 25.3 Å². The third-order valence-electron chi connectivity index (χ3n) is 3.70. The van der Waals surface area contributed by atoms with Crippen LogP contribution in [0.25, 0.3) is 0 Å². The van der Waals surface area contributed by atoms with Gasteiger partial charge < -0.3 is 11.1 Å². The first kappa shape index (κ1) is 16.3. The molecule has 0 bridgehead atoms. The highest BCUT2D eigenvalue weighted by Crippen LogP contribution is 2.37. The zero-order valence-electron chi connectivity index (χ0n) is 11.2. The van der Waals surface area contributed by atoms with E-state index in [2.05, 4.69) is 21.2 Å². The molecule has 0 heterocycles. The Bertz CT molecular complexity index is 533. The molecule has 2 atom stereocenters. The third kappa shape index (κ3) is 3.97. The van der Waals surface area contributed by atoms with Crippen molar-refractivity contribution in [2.75, 3.05) is 5.32 Å². The molecule has 1 saturated carbocycles. The standard InChI is InChI=1S/C14H16BrF3N2O/c15-8-5-6-12(10(7-8)14(16,17)18)20-13(21)9-3-1-2-4-11(9)19/h5-7,9,11H,1-4,19H2,(H,20,21). The van der Waals surface area contributed by atoms with Crippen molar-refractivity contribution in [3.63, 3.8) is 0 Å². The van der Waals surface area contributed by atoms with Crippen LogP contribution in [0.3, 0.4) is 0 Å². The maximum atomic E-state index is 13.0. The van der Waals surface area contributed by atoms with Crippen LogP contribution in [0.4, 0.5) is 18.9 Å². The summed E-state index contributed by atoms with van der Waals surface area (Å²) in [5.74, 6) is -0.862. The van der Waals surface area contributed by atoms with Gasteiger partial charge in [-0.05, 0) is 31.0 Å². The summed E-state index contributed by atoms with van der Waals surface area (Å²) in [6.07, 6.45) is -1.36. The number of halogens is 4. The van der Waals surface area contributed by atoms with Crippen LogP contribution in [-0.2, 0) is 11.0 Å². The van der Waals surface area contributed by atoms with Crippen molar-refractivity contribution in [2.24, 2.45) is 11.7 Å². The number of anilines is 1. The first-order valence-corrected chi connectivity index (χ1v) is 7.51. The van der Waals surface area contributed by atoms with Gasteiger partial charge in [0, 0.05) is 10.5 Å². The molecule has 0 saturated heterocycles. The molecule has 21 heavy (non-hydrogen) atoms. The SMILES string of the molecule is NC1CCCCC1C(=O)Nc1ccc(Br)cc1C(F)(F)F. The number of rotatable bonds is 2. The second kappa shape index (κ2) is 6.36. The van der Waals surface area contributed by atoms with Gasteiger partial charge in [0.05, 0.1) is 17.2 Å². The van der Waals surface area contributed by atoms with E-state index in [4.69, 9.17) is 5.73 Å². The van der Waals surface area contributed by atoms with Gasteiger partial charge in [0.1, 0.15) is 0 Å². The summed E-state index contributed by atoms with van der Waals surface area (Å²) >= 11 is 3.01. The summed E-state index contributed by atoms with van der Waals surface area (Å²) in [5.41, 5.74) is 4.80. The summed E-state index contributed by atoms with van der Waals surface area (Å²) in [4.78, 5) is 12.2. The fraction of sp³-hybridized carbons (Fsp3) is 0.500. The van der Waals surface area contributed by atoms with Crippen molar-refractivity contribution in [1.82, 2.24) is 0 Å². The molecule has 1 aromatic rings. The van der Waals surface area contributed by atoms with Crippen molar-refractivity contribution in [3.05, 3.63) is 28.2 Å². The Balaban J connectivity index is 2.21. The Morgan fingerprint density at radius 3 is 2.57 bits per heavy atom. The van der Waals surface area contributed by atoms with E-state index < -0.39 is 23.6 Å². The zero-order chi connectivity index (χ0) is 15.6. The molecule has 1 fully saturated rings. The number of amides is 1. The summed E-state index contributed by atoms with van der Waals surface area (Å²) in [6.45, 7) is 0. The van der Waals surface area contributed by atoms with Crippen LogP contribution in [0.1, 0.15) is 31.2 Å². The number of hydrogen-bond donors (Lipinski definition) is 2. The van der Waals surface area contributed by atoms with Gasteiger partial charge in [-0.2, -0.15) is 13.2 Å². The van der Waals surface area contributed by atoms with E-state index in [-0.39, 0.29) is 11.7 Å². The molecule has 1 aromatic carbocycles. The lowest BCUT2D eigenvalue weighted by Crippen LogP contribution is -2.41. The number of nitrogens with two attached hydrogens (primary N) is 1. The highest BCUT2D eigenvalue weighted by Gasteiger charge is 2.35. The quantitative estimate of drug-likeness (QED) is 0.835. The van der Waals surface area contributed by atoms with Gasteiger partial charge in [0.15, 0.2) is 0 Å². The molecule has 0 aromatic heterocycles. The van der Waals surface area contributed by atoms with E-state index in [1.807, 2.05) is 0 Å². The molecule has 1 aliphatic rings. The van der Waals surface area contributed by atoms with Gasteiger partial charge in [0.2, 0.25) is 5.91 Å². The Labute approximate surface area is 129 Å². The molecule has 3 nitrogen and oxygen atoms in total. The number of carbonyl (C=O) groups is 1. The van der Waals surface area contributed by atoms with Crippen LogP contribution in [0.5, 0.6) is 0 Å². The minimum atomic E-state index is -4.53. The van der Waals surface area contributed by atoms with Crippen molar-refractivity contribution in [2.45, 2.75) is 37.9 Å². The largest absolute Gasteiger partial charge is 0.418 e. The number of nitrogens with one attached hydrogen (secondary N) is 1. The highest BCUT2D eigenvalue weighted by atomic mass is 79.9. The number of alkyl halides is 3. The average molecular weight is 365 g/mol. The first-order valence-electron chi connectivity index (χ1n) is 6.72. The van der Waals surface area contributed by atoms with Crippen LogP contribution in [-0.4, -0.2) is 11.9 Å². The lowest BCUT2D eigenvalue weighted by molar-refractivity contribution is -0.137. The smallest absolute Gasteiger partial charge is 0.327 e. The zero-order valence-corrected chi connectivity index (χ0v) is 12.8. The second-order valence-corrected chi connectivity index (χ2v) is 6.15. The third-order valence-corrected chi connectivity index (χ3v) is 4.19. The minimum absolute atomic E-state index is 0.228. The lowest BCUT2D eigenvalue weighted by Gasteiger charge is -2.27. The highest BCUT2D eigenvalue weighted by molar-refractivity contribution is 9.10. The van der Waals surface area contributed by atoms with Crippen molar-refractivity contribution in [3.8, 4) is 0 Å². The minimum Gasteiger partial charge on any atom is -0.327 e. The predicted molar refractivity (Wildman–Crippen MR) is 77.7 cm³/mol. The van der Waals surface area contributed by atoms with E-state index in [0.29, 0.717) is 10.9 Å². The molecule has 2 unspecified atom stereocenters. The van der Waals surface area contributed by atoms with Gasteiger partial charge in [-0.3, -0.25) is 4.79 Å². The van der Waals surface area contributed by atoms with Crippen LogP contribution in [0.2, 0.25) is 0 Å². The Hall–Kier alpha value is -1.08. The maximum Gasteiger partial charge on any atom is 0.418 e.